The molecule has 0 radical (unpaired) electrons. The van der Waals surface area contributed by atoms with Crippen molar-refractivity contribution in [3.8, 4) is 5.75 Å². The van der Waals surface area contributed by atoms with Gasteiger partial charge in [0.05, 0.1) is 11.7 Å². The van der Waals surface area contributed by atoms with Crippen LogP contribution in [-0.4, -0.2) is 40.1 Å². The fourth-order valence-electron chi connectivity index (χ4n) is 2.65. The molecule has 5 heteroatoms. The van der Waals surface area contributed by atoms with E-state index in [9.17, 15) is 19.4 Å². The minimum Gasteiger partial charge on any atom is -0.507 e. The maximum Gasteiger partial charge on any atom is 0.163 e. The number of phenols is 1. The van der Waals surface area contributed by atoms with Crippen molar-refractivity contribution >= 4 is 5.78 Å². The van der Waals surface area contributed by atoms with E-state index < -0.39 is 5.82 Å². The fourth-order valence-corrected chi connectivity index (χ4v) is 2.65. The maximum atomic E-state index is 13.5. The number of ketones is 1. The normalized spacial score (nSPS) is 23.8. The number of hydrogen-bond donors (Lipinski definition) is 2. The van der Waals surface area contributed by atoms with Crippen molar-refractivity contribution in [2.45, 2.75) is 32.9 Å². The molecule has 0 spiro atoms. The molecule has 2 N–H and O–H groups in total. The van der Waals surface area contributed by atoms with E-state index >= 15 is 0 Å². The van der Waals surface area contributed by atoms with Crippen molar-refractivity contribution in [3.63, 3.8) is 0 Å². The number of nitrogens with zero attached hydrogens (tertiary/aromatic N) is 1. The second-order valence-electron chi connectivity index (χ2n) is 5.59. The highest BCUT2D eigenvalue weighted by Crippen LogP contribution is 2.27. The topological polar surface area (TPSA) is 60.8 Å². The summed E-state index contributed by atoms with van der Waals surface area (Å²) < 4.78 is 13.5. The van der Waals surface area contributed by atoms with E-state index in [1.165, 1.54) is 13.0 Å². The number of hydrogen-bond acceptors (Lipinski definition) is 4. The predicted octanol–water partition coefficient (Wildman–Crippen LogP) is 1.94. The Kier molecular flexibility index (Phi) is 4.40. The largest absolute Gasteiger partial charge is 0.507 e. The number of piperidine rings is 1. The number of aliphatic hydroxyl groups excluding tert-OH is 1. The van der Waals surface area contributed by atoms with Crippen LogP contribution in [0.3, 0.4) is 0 Å². The van der Waals surface area contributed by atoms with Crippen LogP contribution in [0.1, 0.15) is 36.2 Å². The summed E-state index contributed by atoms with van der Waals surface area (Å²) in [6.07, 6.45) is 0.358. The van der Waals surface area contributed by atoms with E-state index in [1.54, 1.807) is 0 Å². The van der Waals surface area contributed by atoms with Crippen molar-refractivity contribution in [2.24, 2.45) is 5.92 Å². The second-order valence-corrected chi connectivity index (χ2v) is 5.59. The second kappa shape index (κ2) is 5.89. The molecule has 1 aromatic carbocycles. The SMILES string of the molecule is CC(=O)c1cc(F)cc(CN2CCC(O)C(C)C2)c1O. The summed E-state index contributed by atoms with van der Waals surface area (Å²) in [7, 11) is 0. The smallest absolute Gasteiger partial charge is 0.163 e. The van der Waals surface area contributed by atoms with Gasteiger partial charge in [-0.25, -0.2) is 4.39 Å². The Morgan fingerprint density at radius 3 is 2.80 bits per heavy atom. The summed E-state index contributed by atoms with van der Waals surface area (Å²) in [6, 6.07) is 2.32. The molecule has 2 rings (SSSR count). The number of phenolic OH excluding ortho intramolecular Hbond substituents is 1. The molecule has 1 fully saturated rings. The highest BCUT2D eigenvalue weighted by atomic mass is 19.1. The number of benzene rings is 1. The van der Waals surface area contributed by atoms with Crippen LogP contribution in [0.25, 0.3) is 0 Å². The van der Waals surface area contributed by atoms with Gasteiger partial charge < -0.3 is 10.2 Å². The van der Waals surface area contributed by atoms with Gasteiger partial charge in [-0.05, 0) is 31.4 Å². The average Bonchev–Trinajstić information content (AvgIpc) is 2.37. The number of Topliss-reactive ketones (excluding diaryl/α,β-unsaturated/α-hetero) is 1. The van der Waals surface area contributed by atoms with E-state index in [2.05, 4.69) is 4.90 Å². The monoisotopic (exact) mass is 281 g/mol. The lowest BCUT2D eigenvalue weighted by molar-refractivity contribution is 0.0317. The van der Waals surface area contributed by atoms with Gasteiger partial charge in [-0.3, -0.25) is 9.69 Å². The zero-order valence-electron chi connectivity index (χ0n) is 11.8. The van der Waals surface area contributed by atoms with Crippen molar-refractivity contribution in [1.82, 2.24) is 4.90 Å². The average molecular weight is 281 g/mol. The van der Waals surface area contributed by atoms with Gasteiger partial charge in [0, 0.05) is 25.2 Å². The van der Waals surface area contributed by atoms with E-state index in [0.29, 0.717) is 31.6 Å². The molecule has 0 bridgehead atoms. The van der Waals surface area contributed by atoms with Crippen molar-refractivity contribution in [1.29, 1.82) is 0 Å². The molecule has 1 aliphatic rings. The Hall–Kier alpha value is -1.46. The fraction of sp³-hybridized carbons (Fsp3) is 0.533. The van der Waals surface area contributed by atoms with Crippen molar-refractivity contribution in [3.05, 3.63) is 29.1 Å². The van der Waals surface area contributed by atoms with Crippen LogP contribution in [-0.2, 0) is 6.54 Å². The Balaban J connectivity index is 2.19. The summed E-state index contributed by atoms with van der Waals surface area (Å²) in [4.78, 5) is 13.4. The van der Waals surface area contributed by atoms with Crippen molar-refractivity contribution < 1.29 is 19.4 Å². The van der Waals surface area contributed by atoms with E-state index in [0.717, 1.165) is 6.07 Å². The summed E-state index contributed by atoms with van der Waals surface area (Å²) in [6.45, 7) is 5.02. The minimum atomic E-state index is -0.520. The van der Waals surface area contributed by atoms with Gasteiger partial charge in [-0.15, -0.1) is 0 Å². The third kappa shape index (κ3) is 3.16. The molecule has 20 heavy (non-hydrogen) atoms. The van der Waals surface area contributed by atoms with Crippen LogP contribution in [0, 0.1) is 11.7 Å². The summed E-state index contributed by atoms with van der Waals surface area (Å²) in [5, 5.41) is 19.8. The molecule has 0 saturated carbocycles. The summed E-state index contributed by atoms with van der Waals surface area (Å²) >= 11 is 0. The predicted molar refractivity (Wildman–Crippen MR) is 73.1 cm³/mol. The van der Waals surface area contributed by atoms with Gasteiger partial charge in [-0.1, -0.05) is 6.92 Å². The lowest BCUT2D eigenvalue weighted by atomic mass is 9.96. The van der Waals surface area contributed by atoms with Crippen LogP contribution in [0.15, 0.2) is 12.1 Å². The standard InChI is InChI=1S/C15H20FNO3/c1-9-7-17(4-3-14(9)19)8-11-5-12(16)6-13(10(2)18)15(11)20/h5-6,9,14,19-20H,3-4,7-8H2,1-2H3. The third-order valence-electron chi connectivity index (χ3n) is 3.87. The van der Waals surface area contributed by atoms with Crippen LogP contribution < -0.4 is 0 Å². The van der Waals surface area contributed by atoms with Crippen LogP contribution in [0.2, 0.25) is 0 Å². The number of carbonyl (C=O) groups excluding carboxylic acids is 1. The number of aliphatic hydroxyl groups is 1. The first-order valence-electron chi connectivity index (χ1n) is 6.81. The lowest BCUT2D eigenvalue weighted by Crippen LogP contribution is -2.41. The first-order valence-corrected chi connectivity index (χ1v) is 6.81. The molecular weight excluding hydrogens is 261 g/mol. The van der Waals surface area contributed by atoms with E-state index in [1.807, 2.05) is 6.92 Å². The van der Waals surface area contributed by atoms with E-state index in [4.69, 9.17) is 0 Å². The lowest BCUT2D eigenvalue weighted by Gasteiger charge is -2.34. The first kappa shape index (κ1) is 14.9. The Labute approximate surface area is 117 Å². The molecule has 1 heterocycles. The summed E-state index contributed by atoms with van der Waals surface area (Å²) in [5.41, 5.74) is 0.434. The van der Waals surface area contributed by atoms with Crippen LogP contribution in [0.5, 0.6) is 5.75 Å². The third-order valence-corrected chi connectivity index (χ3v) is 3.87. The molecule has 110 valence electrons. The minimum absolute atomic E-state index is 0.0186. The maximum absolute atomic E-state index is 13.5. The molecule has 4 nitrogen and oxygen atoms in total. The summed E-state index contributed by atoms with van der Waals surface area (Å²) in [5.74, 6) is -0.872. The van der Waals surface area contributed by atoms with Gasteiger partial charge in [-0.2, -0.15) is 0 Å². The van der Waals surface area contributed by atoms with Gasteiger partial charge in [0.2, 0.25) is 0 Å². The zero-order chi connectivity index (χ0) is 14.9. The van der Waals surface area contributed by atoms with Crippen LogP contribution in [0.4, 0.5) is 4.39 Å². The van der Waals surface area contributed by atoms with Crippen molar-refractivity contribution in [2.75, 3.05) is 13.1 Å². The molecule has 2 unspecified atom stereocenters. The Bertz CT molecular complexity index is 518. The molecule has 0 amide bonds. The Morgan fingerprint density at radius 1 is 1.50 bits per heavy atom. The number of aromatic hydroxyl groups is 1. The molecule has 1 aromatic rings. The molecule has 2 atom stereocenters. The molecular formula is C15H20FNO3. The zero-order valence-corrected chi connectivity index (χ0v) is 11.8. The number of likely N-dealkylation sites (tertiary alicyclic amines) is 1. The molecule has 1 aliphatic heterocycles. The quantitative estimate of drug-likeness (QED) is 0.831. The number of halogens is 1. The number of carbonyl (C=O) groups is 1. The molecule has 0 aliphatic carbocycles. The van der Waals surface area contributed by atoms with Gasteiger partial charge in [0.25, 0.3) is 0 Å². The molecule has 0 aromatic heterocycles. The van der Waals surface area contributed by atoms with Gasteiger partial charge in [0.1, 0.15) is 11.6 Å². The highest BCUT2D eigenvalue weighted by Gasteiger charge is 2.25. The van der Waals surface area contributed by atoms with E-state index in [-0.39, 0.29) is 29.1 Å². The number of rotatable bonds is 3. The molecule has 1 saturated heterocycles. The van der Waals surface area contributed by atoms with Gasteiger partial charge in [0.15, 0.2) is 5.78 Å². The van der Waals surface area contributed by atoms with Crippen LogP contribution >= 0.6 is 0 Å². The highest BCUT2D eigenvalue weighted by molar-refractivity contribution is 5.97. The Morgan fingerprint density at radius 2 is 2.20 bits per heavy atom. The van der Waals surface area contributed by atoms with Gasteiger partial charge >= 0.3 is 0 Å². The first-order chi connectivity index (χ1) is 9.38.